The number of aromatic nitrogens is 3. The number of aliphatic carboxylic acids is 1. The molecule has 0 radical (unpaired) electrons. The number of nitrogens with zero attached hydrogens (tertiary/aromatic N) is 3. The topological polar surface area (TPSA) is 110 Å². The van der Waals surface area contributed by atoms with E-state index in [2.05, 4.69) is 30.2 Å². The summed E-state index contributed by atoms with van der Waals surface area (Å²) >= 11 is 0. The number of carbonyl (C=O) groups excluding carboxylic acids is 1. The summed E-state index contributed by atoms with van der Waals surface area (Å²) in [4.78, 5) is 27.3. The molecule has 5 rings (SSSR count). The van der Waals surface area contributed by atoms with Crippen LogP contribution in [0.2, 0.25) is 0 Å². The third kappa shape index (κ3) is 5.38. The van der Waals surface area contributed by atoms with Gasteiger partial charge in [0.2, 0.25) is 0 Å². The lowest BCUT2D eigenvalue weighted by molar-refractivity contribution is -0.136. The number of fused-ring (bicyclic) bond motifs is 2. The van der Waals surface area contributed by atoms with Gasteiger partial charge in [0.15, 0.2) is 0 Å². The first-order valence-corrected chi connectivity index (χ1v) is 12.3. The zero-order valence-electron chi connectivity index (χ0n) is 20.7. The molecular weight excluding hydrogens is 468 g/mol. The summed E-state index contributed by atoms with van der Waals surface area (Å²) in [7, 11) is 0. The molecule has 0 aliphatic heterocycles. The molecule has 1 atom stereocenters. The van der Waals surface area contributed by atoms with E-state index in [4.69, 9.17) is 14.6 Å². The van der Waals surface area contributed by atoms with Crippen molar-refractivity contribution < 1.29 is 19.1 Å². The van der Waals surface area contributed by atoms with E-state index in [1.165, 1.54) is 0 Å². The average Bonchev–Trinajstić information content (AvgIpc) is 3.51. The minimum atomic E-state index is -0.962. The Morgan fingerprint density at radius 1 is 1.05 bits per heavy atom. The first-order valence-electron chi connectivity index (χ1n) is 12.3. The minimum absolute atomic E-state index is 0.0568. The number of carboxylic acid groups (broad SMARTS) is 1. The number of hydrogen-bond acceptors (Lipinski definition) is 5. The van der Waals surface area contributed by atoms with Gasteiger partial charge in [-0.1, -0.05) is 38.1 Å². The van der Waals surface area contributed by atoms with Gasteiger partial charge in [0.25, 0.3) is 5.91 Å². The zero-order valence-corrected chi connectivity index (χ0v) is 20.7. The summed E-state index contributed by atoms with van der Waals surface area (Å²) in [5, 5.41) is 18.3. The minimum Gasteiger partial charge on any atom is -0.481 e. The van der Waals surface area contributed by atoms with Crippen molar-refractivity contribution in [2.75, 3.05) is 6.54 Å². The highest BCUT2D eigenvalue weighted by atomic mass is 16.4. The van der Waals surface area contributed by atoms with Crippen LogP contribution in [-0.2, 0) is 4.79 Å². The molecule has 0 saturated heterocycles. The van der Waals surface area contributed by atoms with Gasteiger partial charge in [-0.05, 0) is 54.3 Å². The molecule has 37 heavy (non-hydrogen) atoms. The Bertz CT molecular complexity index is 1530. The van der Waals surface area contributed by atoms with E-state index in [0.717, 1.165) is 45.2 Å². The number of hydrogen-bond donors (Lipinski definition) is 2. The van der Waals surface area contributed by atoms with Gasteiger partial charge in [0.05, 0.1) is 18.0 Å². The van der Waals surface area contributed by atoms with Crippen molar-refractivity contribution in [1.82, 2.24) is 20.1 Å². The summed E-state index contributed by atoms with van der Waals surface area (Å²) in [5.74, 6) is -0.133. The Kier molecular flexibility index (Phi) is 6.72. The molecule has 0 saturated carbocycles. The number of carbonyl (C=O) groups is 2. The molecule has 0 spiro atoms. The molecule has 1 amide bonds. The summed E-state index contributed by atoms with van der Waals surface area (Å²) < 4.78 is 8.02. The third-order valence-corrected chi connectivity index (χ3v) is 6.27. The number of pyridine rings is 1. The van der Waals surface area contributed by atoms with Crippen molar-refractivity contribution in [3.8, 4) is 11.3 Å². The zero-order chi connectivity index (χ0) is 25.9. The molecule has 2 aromatic carbocycles. The molecule has 3 heterocycles. The predicted molar refractivity (Wildman–Crippen MR) is 141 cm³/mol. The third-order valence-electron chi connectivity index (χ3n) is 6.27. The van der Waals surface area contributed by atoms with Crippen molar-refractivity contribution in [3.05, 3.63) is 84.3 Å². The summed E-state index contributed by atoms with van der Waals surface area (Å²) in [6.07, 6.45) is 4.45. The van der Waals surface area contributed by atoms with Crippen LogP contribution in [0.25, 0.3) is 33.2 Å². The molecule has 0 bridgehead atoms. The van der Waals surface area contributed by atoms with Crippen LogP contribution in [0.4, 0.5) is 0 Å². The van der Waals surface area contributed by atoms with Crippen LogP contribution in [0.1, 0.15) is 48.8 Å². The van der Waals surface area contributed by atoms with Crippen LogP contribution >= 0.6 is 0 Å². The van der Waals surface area contributed by atoms with Crippen molar-refractivity contribution in [1.29, 1.82) is 0 Å². The van der Waals surface area contributed by atoms with Gasteiger partial charge in [-0.3, -0.25) is 19.3 Å². The molecule has 8 nitrogen and oxygen atoms in total. The van der Waals surface area contributed by atoms with E-state index < -0.39 is 11.9 Å². The monoisotopic (exact) mass is 496 g/mol. The number of furan rings is 1. The number of carboxylic acids is 1. The van der Waals surface area contributed by atoms with E-state index >= 15 is 0 Å². The second kappa shape index (κ2) is 10.3. The Morgan fingerprint density at radius 2 is 1.89 bits per heavy atom. The second-order valence-corrected chi connectivity index (χ2v) is 9.55. The summed E-state index contributed by atoms with van der Waals surface area (Å²) in [6.45, 7) is 4.38. The van der Waals surface area contributed by atoms with Crippen LogP contribution in [0.5, 0.6) is 0 Å². The van der Waals surface area contributed by atoms with Gasteiger partial charge in [-0.15, -0.1) is 0 Å². The van der Waals surface area contributed by atoms with Crippen molar-refractivity contribution in [2.45, 2.75) is 32.7 Å². The lowest BCUT2D eigenvalue weighted by Gasteiger charge is -2.20. The van der Waals surface area contributed by atoms with Crippen LogP contribution in [0.3, 0.4) is 0 Å². The molecule has 188 valence electrons. The molecule has 0 aliphatic rings. The average molecular weight is 497 g/mol. The molecule has 8 heteroatoms. The molecule has 0 fully saturated rings. The Morgan fingerprint density at radius 3 is 2.62 bits per heavy atom. The second-order valence-electron chi connectivity index (χ2n) is 9.55. The van der Waals surface area contributed by atoms with Gasteiger partial charge in [-0.2, -0.15) is 5.10 Å². The van der Waals surface area contributed by atoms with Gasteiger partial charge >= 0.3 is 5.97 Å². The lowest BCUT2D eigenvalue weighted by atomic mass is 9.98. The van der Waals surface area contributed by atoms with Gasteiger partial charge in [0.1, 0.15) is 17.0 Å². The van der Waals surface area contributed by atoms with Crippen LogP contribution in [-0.4, -0.2) is 38.3 Å². The van der Waals surface area contributed by atoms with Crippen LogP contribution in [0, 0.1) is 5.92 Å². The molecule has 2 N–H and O–H groups in total. The largest absolute Gasteiger partial charge is 0.481 e. The Hall–Kier alpha value is -4.46. The SMILES string of the molecule is CC(C)CC(c1ccc(C(=O)NCCC(=O)O)nc1)n1cc2cc(-c3cc4ccccc4o3)ccc2n1. The maximum absolute atomic E-state index is 12.3. The fraction of sp³-hybridized carbons (Fsp3) is 0.241. The van der Waals surface area contributed by atoms with Gasteiger partial charge in [0, 0.05) is 35.3 Å². The Labute approximate surface area is 213 Å². The Balaban J connectivity index is 1.41. The fourth-order valence-electron chi connectivity index (χ4n) is 4.44. The molecular formula is C29H28N4O4. The number of rotatable bonds is 9. The highest BCUT2D eigenvalue weighted by Gasteiger charge is 2.19. The number of benzene rings is 2. The van der Waals surface area contributed by atoms with Gasteiger partial charge in [-0.25, -0.2) is 0 Å². The molecule has 5 aromatic rings. The van der Waals surface area contributed by atoms with E-state index in [1.807, 2.05) is 59.4 Å². The number of amides is 1. The summed E-state index contributed by atoms with van der Waals surface area (Å²) in [5.41, 5.74) is 3.93. The quantitative estimate of drug-likeness (QED) is 0.271. The van der Waals surface area contributed by atoms with E-state index in [-0.39, 0.29) is 24.7 Å². The van der Waals surface area contributed by atoms with E-state index in [9.17, 15) is 9.59 Å². The standard InChI is InChI=1S/C29H28N4O4/c1-18(2)13-25(21-8-10-24(31-16-21)29(36)30-12-11-28(34)35)33-17-22-14-20(7-9-23(22)32-33)27-15-19-5-3-4-6-26(19)37-27/h3-10,14-18,25H,11-13H2,1-2H3,(H,30,36)(H,34,35). The predicted octanol–water partition coefficient (Wildman–Crippen LogP) is 5.68. The van der Waals surface area contributed by atoms with Gasteiger partial charge < -0.3 is 14.8 Å². The maximum atomic E-state index is 12.3. The lowest BCUT2D eigenvalue weighted by Crippen LogP contribution is -2.27. The molecule has 1 unspecified atom stereocenters. The number of para-hydroxylation sites is 1. The van der Waals surface area contributed by atoms with Crippen molar-refractivity contribution in [2.24, 2.45) is 5.92 Å². The van der Waals surface area contributed by atoms with Crippen LogP contribution in [0.15, 0.2) is 77.5 Å². The number of nitrogens with one attached hydrogen (secondary N) is 1. The maximum Gasteiger partial charge on any atom is 0.305 e. The highest BCUT2D eigenvalue weighted by molar-refractivity contribution is 5.92. The van der Waals surface area contributed by atoms with Crippen molar-refractivity contribution >= 4 is 33.7 Å². The molecule has 0 aliphatic carbocycles. The van der Waals surface area contributed by atoms with Crippen molar-refractivity contribution in [3.63, 3.8) is 0 Å². The summed E-state index contributed by atoms with van der Waals surface area (Å²) in [6, 6.07) is 19.6. The van der Waals surface area contributed by atoms with E-state index in [1.54, 1.807) is 12.3 Å². The highest BCUT2D eigenvalue weighted by Crippen LogP contribution is 2.31. The van der Waals surface area contributed by atoms with Crippen LogP contribution < -0.4 is 5.32 Å². The smallest absolute Gasteiger partial charge is 0.305 e. The normalized spacial score (nSPS) is 12.3. The van der Waals surface area contributed by atoms with E-state index in [0.29, 0.717) is 5.92 Å². The first-order chi connectivity index (χ1) is 17.9. The molecule has 3 aromatic heterocycles. The first kappa shape index (κ1) is 24.2. The fourth-order valence-corrected chi connectivity index (χ4v) is 4.44.